The second-order valence-corrected chi connectivity index (χ2v) is 3.07. The number of hydrogen-bond donors (Lipinski definition) is 1. The largest absolute Gasteiger partial charge is 0.364 e. The molecule has 4 heteroatoms. The average Bonchev–Trinajstić information content (AvgIpc) is 2.46. The molecule has 0 fully saturated rings. The van der Waals surface area contributed by atoms with Crippen LogP contribution in [0.25, 0.3) is 0 Å². The number of rotatable bonds is 1. The second kappa shape index (κ2) is 2.62. The van der Waals surface area contributed by atoms with Crippen molar-refractivity contribution >= 4 is 5.91 Å². The number of aryl methyl sites for hydroxylation is 2. The lowest BCUT2D eigenvalue weighted by atomic mass is 10.1. The van der Waals surface area contributed by atoms with E-state index in [-0.39, 0.29) is 0 Å². The maximum Gasteiger partial charge on any atom is 0.269 e. The lowest BCUT2D eigenvalue weighted by Gasteiger charge is -2.11. The fourth-order valence-electron chi connectivity index (χ4n) is 1.54. The van der Waals surface area contributed by atoms with E-state index in [0.717, 1.165) is 25.1 Å². The Balaban J connectivity index is 2.38. The predicted octanol–water partition coefficient (Wildman–Crippen LogP) is 0.318. The van der Waals surface area contributed by atoms with Crippen LogP contribution in [0, 0.1) is 0 Å². The number of carbonyl (C=O) groups excluding carboxylic acids is 1. The fourth-order valence-corrected chi connectivity index (χ4v) is 1.54. The molecule has 0 saturated heterocycles. The number of hydrogen-bond acceptors (Lipinski definition) is 2. The Morgan fingerprint density at radius 3 is 3.08 bits per heavy atom. The normalized spacial score (nSPS) is 15.7. The molecule has 0 radical (unpaired) electrons. The summed E-state index contributed by atoms with van der Waals surface area (Å²) in [6.45, 7) is 0.919. The molecule has 0 saturated carbocycles. The third-order valence-electron chi connectivity index (χ3n) is 2.17. The average molecular weight is 165 g/mol. The number of aromatic nitrogens is 2. The highest BCUT2D eigenvalue weighted by molar-refractivity contribution is 5.90. The molecule has 0 atom stereocenters. The lowest BCUT2D eigenvalue weighted by Crippen LogP contribution is -2.13. The quantitative estimate of drug-likeness (QED) is 0.651. The van der Waals surface area contributed by atoms with Gasteiger partial charge in [-0.25, -0.2) is 0 Å². The molecule has 1 aliphatic heterocycles. The highest BCUT2D eigenvalue weighted by Crippen LogP contribution is 2.14. The third-order valence-corrected chi connectivity index (χ3v) is 2.17. The summed E-state index contributed by atoms with van der Waals surface area (Å²) in [5.41, 5.74) is 6.64. The Hall–Kier alpha value is -1.32. The molecule has 0 aromatic carbocycles. The van der Waals surface area contributed by atoms with Gasteiger partial charge in [0.2, 0.25) is 0 Å². The van der Waals surface area contributed by atoms with Gasteiger partial charge in [0.1, 0.15) is 5.69 Å². The van der Waals surface area contributed by atoms with Gasteiger partial charge in [-0.3, -0.25) is 9.48 Å². The number of amides is 1. The van der Waals surface area contributed by atoms with E-state index >= 15 is 0 Å². The van der Waals surface area contributed by atoms with Crippen molar-refractivity contribution in [3.05, 3.63) is 17.5 Å². The van der Waals surface area contributed by atoms with Crippen LogP contribution < -0.4 is 5.73 Å². The number of nitrogens with two attached hydrogens (primary N) is 1. The summed E-state index contributed by atoms with van der Waals surface area (Å²) in [6.07, 6.45) is 3.34. The minimum absolute atomic E-state index is 0.395. The van der Waals surface area contributed by atoms with Crippen molar-refractivity contribution in [3.63, 3.8) is 0 Å². The number of carbonyl (C=O) groups is 1. The summed E-state index contributed by atoms with van der Waals surface area (Å²) in [6, 6.07) is 1.79. The number of fused-ring (bicyclic) bond motifs is 1. The van der Waals surface area contributed by atoms with Crippen LogP contribution in [0.15, 0.2) is 6.07 Å². The van der Waals surface area contributed by atoms with E-state index in [2.05, 4.69) is 5.10 Å². The van der Waals surface area contributed by atoms with E-state index < -0.39 is 5.91 Å². The Morgan fingerprint density at radius 2 is 2.42 bits per heavy atom. The van der Waals surface area contributed by atoms with Crippen molar-refractivity contribution in [3.8, 4) is 0 Å². The molecular weight excluding hydrogens is 154 g/mol. The van der Waals surface area contributed by atoms with Crippen LogP contribution in [0.5, 0.6) is 0 Å². The van der Waals surface area contributed by atoms with Gasteiger partial charge in [-0.2, -0.15) is 5.10 Å². The minimum atomic E-state index is -0.433. The van der Waals surface area contributed by atoms with Gasteiger partial charge in [-0.15, -0.1) is 0 Å². The van der Waals surface area contributed by atoms with E-state index in [1.165, 1.54) is 6.42 Å². The van der Waals surface area contributed by atoms with E-state index in [1.807, 2.05) is 4.68 Å². The maximum absolute atomic E-state index is 10.8. The molecular formula is C8H11N3O. The van der Waals surface area contributed by atoms with Crippen LogP contribution >= 0.6 is 0 Å². The first kappa shape index (κ1) is 7.34. The summed E-state index contributed by atoms with van der Waals surface area (Å²) in [5, 5.41) is 4.09. The molecule has 1 amide bonds. The van der Waals surface area contributed by atoms with Crippen molar-refractivity contribution in [2.45, 2.75) is 25.8 Å². The van der Waals surface area contributed by atoms with Crippen molar-refractivity contribution in [2.75, 3.05) is 0 Å². The molecule has 2 heterocycles. The molecule has 1 aliphatic rings. The van der Waals surface area contributed by atoms with Crippen LogP contribution in [0.3, 0.4) is 0 Å². The molecule has 0 bridgehead atoms. The van der Waals surface area contributed by atoms with Crippen LogP contribution in [-0.2, 0) is 13.0 Å². The Morgan fingerprint density at radius 1 is 1.58 bits per heavy atom. The van der Waals surface area contributed by atoms with Gasteiger partial charge in [0.25, 0.3) is 5.91 Å². The summed E-state index contributed by atoms with van der Waals surface area (Å²) < 4.78 is 1.88. The second-order valence-electron chi connectivity index (χ2n) is 3.07. The van der Waals surface area contributed by atoms with E-state index in [1.54, 1.807) is 6.07 Å². The molecule has 12 heavy (non-hydrogen) atoms. The van der Waals surface area contributed by atoms with Gasteiger partial charge >= 0.3 is 0 Å². The zero-order chi connectivity index (χ0) is 8.55. The van der Waals surface area contributed by atoms with Gasteiger partial charge in [0.15, 0.2) is 0 Å². The smallest absolute Gasteiger partial charge is 0.269 e. The highest BCUT2D eigenvalue weighted by atomic mass is 16.1. The van der Waals surface area contributed by atoms with E-state index in [9.17, 15) is 4.79 Å². The van der Waals surface area contributed by atoms with Gasteiger partial charge < -0.3 is 5.73 Å². The van der Waals surface area contributed by atoms with Crippen LogP contribution in [0.2, 0.25) is 0 Å². The van der Waals surface area contributed by atoms with E-state index in [4.69, 9.17) is 5.73 Å². The monoisotopic (exact) mass is 165 g/mol. The minimum Gasteiger partial charge on any atom is -0.364 e. The zero-order valence-electron chi connectivity index (χ0n) is 6.79. The molecule has 64 valence electrons. The molecule has 0 unspecified atom stereocenters. The maximum atomic E-state index is 10.8. The summed E-state index contributed by atoms with van der Waals surface area (Å²) in [7, 11) is 0. The number of primary amides is 1. The first-order valence-corrected chi connectivity index (χ1v) is 4.14. The van der Waals surface area contributed by atoms with Gasteiger partial charge in [0, 0.05) is 12.2 Å². The van der Waals surface area contributed by atoms with Gasteiger partial charge in [-0.05, 0) is 25.3 Å². The topological polar surface area (TPSA) is 60.9 Å². The molecule has 1 aromatic rings. The highest BCUT2D eigenvalue weighted by Gasteiger charge is 2.14. The van der Waals surface area contributed by atoms with Gasteiger partial charge in [-0.1, -0.05) is 0 Å². The van der Waals surface area contributed by atoms with Crippen LogP contribution in [0.1, 0.15) is 29.0 Å². The summed E-state index contributed by atoms with van der Waals surface area (Å²) in [5.74, 6) is -0.433. The first-order valence-electron chi connectivity index (χ1n) is 4.14. The molecule has 0 spiro atoms. The van der Waals surface area contributed by atoms with Crippen LogP contribution in [0.4, 0.5) is 0 Å². The summed E-state index contributed by atoms with van der Waals surface area (Å²) in [4.78, 5) is 10.8. The molecule has 4 nitrogen and oxygen atoms in total. The molecule has 0 aliphatic carbocycles. The Bertz CT molecular complexity index is 293. The Kier molecular flexibility index (Phi) is 1.60. The van der Waals surface area contributed by atoms with Crippen molar-refractivity contribution in [2.24, 2.45) is 5.73 Å². The first-order chi connectivity index (χ1) is 5.77. The summed E-state index contributed by atoms with van der Waals surface area (Å²) >= 11 is 0. The molecule has 1 aromatic heterocycles. The van der Waals surface area contributed by atoms with Crippen molar-refractivity contribution in [1.29, 1.82) is 0 Å². The zero-order valence-corrected chi connectivity index (χ0v) is 6.79. The van der Waals surface area contributed by atoms with E-state index in [0.29, 0.717) is 5.69 Å². The molecule has 2 N–H and O–H groups in total. The van der Waals surface area contributed by atoms with Crippen molar-refractivity contribution < 1.29 is 4.79 Å². The van der Waals surface area contributed by atoms with Crippen molar-refractivity contribution in [1.82, 2.24) is 9.78 Å². The predicted molar refractivity (Wildman–Crippen MR) is 43.7 cm³/mol. The number of nitrogens with zero attached hydrogens (tertiary/aromatic N) is 2. The lowest BCUT2D eigenvalue weighted by molar-refractivity contribution is 0.0994. The Labute approximate surface area is 70.4 Å². The fraction of sp³-hybridized carbons (Fsp3) is 0.500. The van der Waals surface area contributed by atoms with Crippen LogP contribution in [-0.4, -0.2) is 15.7 Å². The molecule has 2 rings (SSSR count). The van der Waals surface area contributed by atoms with Gasteiger partial charge in [0.05, 0.1) is 0 Å². The standard InChI is InChI=1S/C8H11N3O/c9-8(12)7-5-6-3-1-2-4-11(6)10-7/h5H,1-4H2,(H2,9,12). The SMILES string of the molecule is NC(=O)c1cc2n(n1)CCCC2. The third kappa shape index (κ3) is 1.09.